The summed E-state index contributed by atoms with van der Waals surface area (Å²) < 4.78 is 5.46. The van der Waals surface area contributed by atoms with E-state index in [4.69, 9.17) is 28.6 Å². The fraction of sp³-hybridized carbons (Fsp3) is 0.385. The van der Waals surface area contributed by atoms with E-state index in [2.05, 4.69) is 10.6 Å². The molecule has 2 rings (SSSR count). The molecule has 4 nitrogen and oxygen atoms in total. The maximum Gasteiger partial charge on any atom is 0.258 e. The number of ether oxygens (including phenoxy) is 1. The molecule has 102 valence electrons. The number of benzene rings is 1. The van der Waals surface area contributed by atoms with E-state index in [1.54, 1.807) is 24.3 Å². The molecule has 0 aromatic heterocycles. The summed E-state index contributed by atoms with van der Waals surface area (Å²) in [5.41, 5.74) is 0.408. The molecule has 1 aromatic carbocycles. The molecule has 1 heterocycles. The van der Waals surface area contributed by atoms with Gasteiger partial charge in [0.1, 0.15) is 0 Å². The van der Waals surface area contributed by atoms with Gasteiger partial charge in [0.25, 0.3) is 5.91 Å². The second-order valence-corrected chi connectivity index (χ2v) is 5.09. The summed E-state index contributed by atoms with van der Waals surface area (Å²) in [6.45, 7) is 1.41. The molecule has 1 atom stereocenters. The fourth-order valence-electron chi connectivity index (χ4n) is 1.87. The first kappa shape index (κ1) is 14.2. The van der Waals surface area contributed by atoms with Crippen LogP contribution >= 0.6 is 23.8 Å². The molecule has 0 spiro atoms. The minimum Gasteiger partial charge on any atom is -0.376 e. The highest BCUT2D eigenvalue weighted by atomic mass is 35.5. The van der Waals surface area contributed by atoms with Gasteiger partial charge in [0.15, 0.2) is 5.11 Å². The van der Waals surface area contributed by atoms with Crippen molar-refractivity contribution < 1.29 is 9.53 Å². The maximum absolute atomic E-state index is 11.9. The van der Waals surface area contributed by atoms with E-state index in [1.807, 2.05) is 0 Å². The van der Waals surface area contributed by atoms with Crippen molar-refractivity contribution >= 4 is 34.8 Å². The van der Waals surface area contributed by atoms with Gasteiger partial charge in [-0.15, -0.1) is 0 Å². The summed E-state index contributed by atoms with van der Waals surface area (Å²) in [5.74, 6) is -0.310. The third-order valence-corrected chi connectivity index (χ3v) is 3.44. The van der Waals surface area contributed by atoms with Crippen LogP contribution in [-0.4, -0.2) is 30.3 Å². The van der Waals surface area contributed by atoms with Crippen LogP contribution in [0.1, 0.15) is 23.2 Å². The van der Waals surface area contributed by atoms with Crippen molar-refractivity contribution in [2.45, 2.75) is 18.9 Å². The van der Waals surface area contributed by atoms with Gasteiger partial charge in [-0.3, -0.25) is 10.1 Å². The largest absolute Gasteiger partial charge is 0.376 e. The summed E-state index contributed by atoms with van der Waals surface area (Å²) in [6.07, 6.45) is 2.27. The van der Waals surface area contributed by atoms with E-state index in [9.17, 15) is 4.79 Å². The van der Waals surface area contributed by atoms with Crippen LogP contribution in [0.25, 0.3) is 0 Å². The first-order chi connectivity index (χ1) is 9.16. The zero-order chi connectivity index (χ0) is 13.7. The van der Waals surface area contributed by atoms with Crippen molar-refractivity contribution in [2.75, 3.05) is 13.2 Å². The first-order valence-electron chi connectivity index (χ1n) is 6.12. The lowest BCUT2D eigenvalue weighted by Crippen LogP contribution is -2.42. The molecule has 1 amide bonds. The third kappa shape index (κ3) is 4.16. The van der Waals surface area contributed by atoms with Gasteiger partial charge in [-0.05, 0) is 37.2 Å². The van der Waals surface area contributed by atoms with Gasteiger partial charge in [-0.25, -0.2) is 0 Å². The van der Waals surface area contributed by atoms with E-state index in [-0.39, 0.29) is 12.0 Å². The molecule has 0 bridgehead atoms. The summed E-state index contributed by atoms with van der Waals surface area (Å²) in [7, 11) is 0. The Hall–Kier alpha value is -1.17. The molecule has 1 aromatic rings. The number of rotatable bonds is 3. The summed E-state index contributed by atoms with van der Waals surface area (Å²) >= 11 is 11.0. The van der Waals surface area contributed by atoms with Crippen LogP contribution in [0.15, 0.2) is 24.3 Å². The predicted molar refractivity (Wildman–Crippen MR) is 78.5 cm³/mol. The normalized spacial score (nSPS) is 18.1. The van der Waals surface area contributed by atoms with Gasteiger partial charge in [0.2, 0.25) is 0 Å². The molecule has 1 saturated heterocycles. The van der Waals surface area contributed by atoms with Crippen molar-refractivity contribution in [3.63, 3.8) is 0 Å². The molecular formula is C13H15ClN2O2S. The van der Waals surface area contributed by atoms with Crippen LogP contribution in [0.2, 0.25) is 5.02 Å². The predicted octanol–water partition coefficient (Wildman–Crippen LogP) is 2.12. The molecule has 19 heavy (non-hydrogen) atoms. The Morgan fingerprint density at radius 1 is 1.47 bits per heavy atom. The number of hydrogen-bond donors (Lipinski definition) is 2. The second kappa shape index (κ2) is 6.84. The Kier molecular flexibility index (Phi) is 5.13. The third-order valence-electron chi connectivity index (χ3n) is 2.86. The smallest absolute Gasteiger partial charge is 0.258 e. The van der Waals surface area contributed by atoms with Gasteiger partial charge < -0.3 is 10.1 Å². The lowest BCUT2D eigenvalue weighted by atomic mass is 10.2. The van der Waals surface area contributed by atoms with Gasteiger partial charge in [0, 0.05) is 13.2 Å². The Labute approximate surface area is 122 Å². The van der Waals surface area contributed by atoms with Crippen molar-refractivity contribution in [2.24, 2.45) is 0 Å². The Morgan fingerprint density at radius 2 is 2.26 bits per heavy atom. The number of carbonyl (C=O) groups excluding carboxylic acids is 1. The molecule has 1 fully saturated rings. The number of thiocarbonyl (C=S) groups is 1. The second-order valence-electron chi connectivity index (χ2n) is 4.28. The Morgan fingerprint density at radius 3 is 2.95 bits per heavy atom. The minimum atomic E-state index is -0.310. The van der Waals surface area contributed by atoms with E-state index in [1.165, 1.54) is 0 Å². The molecule has 2 N–H and O–H groups in total. The highest BCUT2D eigenvalue weighted by Crippen LogP contribution is 2.14. The van der Waals surface area contributed by atoms with Crippen LogP contribution in [-0.2, 0) is 4.74 Å². The van der Waals surface area contributed by atoms with Gasteiger partial charge in [-0.2, -0.15) is 0 Å². The van der Waals surface area contributed by atoms with Crippen LogP contribution in [0, 0.1) is 0 Å². The topological polar surface area (TPSA) is 50.4 Å². The molecule has 0 radical (unpaired) electrons. The SMILES string of the molecule is O=C(NC(=S)NC[C@H]1CCCO1)c1ccccc1Cl. The van der Waals surface area contributed by atoms with E-state index in [0.717, 1.165) is 19.4 Å². The van der Waals surface area contributed by atoms with Crippen LogP contribution in [0.4, 0.5) is 0 Å². The fourth-order valence-corrected chi connectivity index (χ4v) is 2.27. The van der Waals surface area contributed by atoms with Crippen molar-refractivity contribution in [1.29, 1.82) is 0 Å². The first-order valence-corrected chi connectivity index (χ1v) is 6.91. The zero-order valence-corrected chi connectivity index (χ0v) is 11.9. The monoisotopic (exact) mass is 298 g/mol. The molecule has 0 unspecified atom stereocenters. The molecule has 0 saturated carbocycles. The van der Waals surface area contributed by atoms with Crippen molar-refractivity contribution in [1.82, 2.24) is 10.6 Å². The zero-order valence-electron chi connectivity index (χ0n) is 10.3. The molecule has 0 aliphatic carbocycles. The summed E-state index contributed by atoms with van der Waals surface area (Å²) in [6, 6.07) is 6.84. The Bertz CT molecular complexity index is 475. The number of nitrogens with one attached hydrogen (secondary N) is 2. The standard InChI is InChI=1S/C13H15ClN2O2S/c14-11-6-2-1-5-10(11)12(17)16-13(19)15-8-9-4-3-7-18-9/h1-2,5-6,9H,3-4,7-8H2,(H2,15,16,17,19)/t9-/m1/s1. The summed E-state index contributed by atoms with van der Waals surface area (Å²) in [4.78, 5) is 11.9. The molecular weight excluding hydrogens is 284 g/mol. The number of amides is 1. The minimum absolute atomic E-state index is 0.176. The van der Waals surface area contributed by atoms with E-state index >= 15 is 0 Å². The number of hydrogen-bond acceptors (Lipinski definition) is 3. The summed E-state index contributed by atoms with van der Waals surface area (Å²) in [5, 5.41) is 6.28. The number of carbonyl (C=O) groups is 1. The highest BCUT2D eigenvalue weighted by molar-refractivity contribution is 7.80. The van der Waals surface area contributed by atoms with Gasteiger partial charge >= 0.3 is 0 Å². The van der Waals surface area contributed by atoms with Crippen LogP contribution in [0.3, 0.4) is 0 Å². The van der Waals surface area contributed by atoms with E-state index < -0.39 is 0 Å². The number of halogens is 1. The van der Waals surface area contributed by atoms with Gasteiger partial charge in [0.05, 0.1) is 16.7 Å². The van der Waals surface area contributed by atoms with Crippen molar-refractivity contribution in [3.8, 4) is 0 Å². The maximum atomic E-state index is 11.9. The highest BCUT2D eigenvalue weighted by Gasteiger charge is 2.16. The van der Waals surface area contributed by atoms with Crippen LogP contribution < -0.4 is 10.6 Å². The Balaban J connectivity index is 1.81. The lowest BCUT2D eigenvalue weighted by Gasteiger charge is -2.13. The van der Waals surface area contributed by atoms with Gasteiger partial charge in [-0.1, -0.05) is 23.7 Å². The lowest BCUT2D eigenvalue weighted by molar-refractivity contribution is 0.0973. The quantitative estimate of drug-likeness (QED) is 0.839. The average molecular weight is 299 g/mol. The average Bonchev–Trinajstić information content (AvgIpc) is 2.90. The van der Waals surface area contributed by atoms with Crippen molar-refractivity contribution in [3.05, 3.63) is 34.9 Å². The molecule has 6 heteroatoms. The molecule has 1 aliphatic rings. The molecule has 1 aliphatic heterocycles. The van der Waals surface area contributed by atoms with E-state index in [0.29, 0.717) is 22.2 Å². The van der Waals surface area contributed by atoms with Crippen LogP contribution in [0.5, 0.6) is 0 Å².